The van der Waals surface area contributed by atoms with Crippen molar-refractivity contribution in [2.45, 2.75) is 22.9 Å². The van der Waals surface area contributed by atoms with Crippen molar-refractivity contribution < 1.29 is 27.4 Å². The second-order valence-corrected chi connectivity index (χ2v) is 8.33. The van der Waals surface area contributed by atoms with Gasteiger partial charge in [-0.25, -0.2) is 0 Å². The number of carbonyl (C=O) groups excluding carboxylic acids is 1. The fourth-order valence-corrected chi connectivity index (χ4v) is 4.41. The van der Waals surface area contributed by atoms with Gasteiger partial charge in [-0.15, -0.1) is 23.4 Å². The molecule has 7 nitrogen and oxygen atoms in total. The number of rotatable bonds is 6. The Hall–Kier alpha value is -2.05. The van der Waals surface area contributed by atoms with E-state index in [4.69, 9.17) is 4.74 Å². The Bertz CT molecular complexity index is 795. The Morgan fingerprint density at radius 2 is 1.96 bits per heavy atom. The summed E-state index contributed by atoms with van der Waals surface area (Å²) < 4.78 is 46.2. The maximum absolute atomic E-state index is 12.4. The summed E-state index contributed by atoms with van der Waals surface area (Å²) in [7, 11) is 0. The third-order valence-corrected chi connectivity index (χ3v) is 5.70. The predicted octanol–water partition coefficient (Wildman–Crippen LogP) is 3.52. The lowest BCUT2D eigenvalue weighted by molar-refractivity contribution is -0.274. The first-order valence-electron chi connectivity index (χ1n) is 8.30. The number of nitrogens with zero attached hydrogens (tertiary/aromatic N) is 3. The van der Waals surface area contributed by atoms with Crippen LogP contribution >= 0.6 is 23.1 Å². The molecule has 1 fully saturated rings. The fourth-order valence-electron chi connectivity index (χ4n) is 2.41. The first-order chi connectivity index (χ1) is 13.3. The van der Waals surface area contributed by atoms with Gasteiger partial charge >= 0.3 is 6.36 Å². The average molecular weight is 434 g/mol. The molecule has 1 aromatic heterocycles. The molecule has 0 aliphatic carbocycles. The van der Waals surface area contributed by atoms with Crippen molar-refractivity contribution in [3.05, 3.63) is 24.3 Å². The summed E-state index contributed by atoms with van der Waals surface area (Å²) in [5, 5.41) is 11.2. The van der Waals surface area contributed by atoms with Crippen LogP contribution in [-0.2, 0) is 9.53 Å². The topological polar surface area (TPSA) is 76.6 Å². The first-order valence-corrected chi connectivity index (χ1v) is 9.99. The van der Waals surface area contributed by atoms with Crippen LogP contribution in [0.1, 0.15) is 6.92 Å². The second-order valence-electron chi connectivity index (χ2n) is 5.77. The second kappa shape index (κ2) is 8.97. The molecule has 0 bridgehead atoms. The van der Waals surface area contributed by atoms with Crippen LogP contribution in [0, 0.1) is 0 Å². The summed E-state index contributed by atoms with van der Waals surface area (Å²) in [5.41, 5.74) is 0.541. The van der Waals surface area contributed by atoms with Crippen molar-refractivity contribution in [1.82, 2.24) is 15.1 Å². The molecule has 0 radical (unpaired) electrons. The van der Waals surface area contributed by atoms with Gasteiger partial charge < -0.3 is 19.7 Å². The molecule has 28 heavy (non-hydrogen) atoms. The molecule has 0 spiro atoms. The smallest absolute Gasteiger partial charge is 0.406 e. The van der Waals surface area contributed by atoms with Crippen LogP contribution in [0.5, 0.6) is 5.75 Å². The zero-order valence-corrected chi connectivity index (χ0v) is 16.4. The highest BCUT2D eigenvalue weighted by atomic mass is 32.2. The Morgan fingerprint density at radius 3 is 2.61 bits per heavy atom. The summed E-state index contributed by atoms with van der Waals surface area (Å²) in [4.78, 5) is 14.2. The monoisotopic (exact) mass is 434 g/mol. The quantitative estimate of drug-likeness (QED) is 0.697. The van der Waals surface area contributed by atoms with Crippen molar-refractivity contribution >= 4 is 39.8 Å². The summed E-state index contributed by atoms with van der Waals surface area (Å²) in [6.07, 6.45) is -4.73. The maximum Gasteiger partial charge on any atom is 0.573 e. The largest absolute Gasteiger partial charge is 0.573 e. The van der Waals surface area contributed by atoms with Gasteiger partial charge in [-0.3, -0.25) is 4.79 Å². The number of alkyl halides is 3. The number of nitrogens with one attached hydrogen (secondary N) is 1. The van der Waals surface area contributed by atoms with E-state index in [2.05, 4.69) is 20.3 Å². The van der Waals surface area contributed by atoms with E-state index >= 15 is 0 Å². The van der Waals surface area contributed by atoms with Gasteiger partial charge in [0.05, 0.1) is 18.5 Å². The lowest BCUT2D eigenvalue weighted by Gasteiger charge is -2.28. The minimum Gasteiger partial charge on any atom is -0.406 e. The minimum atomic E-state index is -4.73. The van der Waals surface area contributed by atoms with E-state index in [0.717, 1.165) is 0 Å². The number of amides is 1. The van der Waals surface area contributed by atoms with Crippen LogP contribution in [0.2, 0.25) is 0 Å². The molecule has 3 rings (SSSR count). The molecule has 1 atom stereocenters. The van der Waals surface area contributed by atoms with E-state index in [9.17, 15) is 18.0 Å². The van der Waals surface area contributed by atoms with E-state index in [1.807, 2.05) is 6.92 Å². The van der Waals surface area contributed by atoms with Crippen LogP contribution in [0.4, 0.5) is 24.0 Å². The summed E-state index contributed by atoms with van der Waals surface area (Å²) in [5.74, 6) is -0.278. The van der Waals surface area contributed by atoms with Crippen LogP contribution in [-0.4, -0.2) is 58.9 Å². The molecule has 1 N–H and O–H groups in total. The Balaban J connectivity index is 1.54. The normalized spacial score (nSPS) is 15.9. The molecular formula is C16H17F3N4O3S2. The molecule has 1 saturated heterocycles. The highest BCUT2D eigenvalue weighted by molar-refractivity contribution is 8.02. The molecule has 152 valence electrons. The van der Waals surface area contributed by atoms with Gasteiger partial charge in [0, 0.05) is 18.8 Å². The lowest BCUT2D eigenvalue weighted by Crippen LogP contribution is -2.44. The molecule has 0 saturated carbocycles. The molecule has 1 aliphatic rings. The summed E-state index contributed by atoms with van der Waals surface area (Å²) in [6.45, 7) is 4.07. The molecule has 12 heteroatoms. The number of anilines is 2. The number of carbonyl (C=O) groups is 1. The molecule has 1 unspecified atom stereocenters. The number of benzene rings is 1. The number of hydrogen-bond acceptors (Lipinski definition) is 8. The van der Waals surface area contributed by atoms with Crippen molar-refractivity contribution in [2.24, 2.45) is 0 Å². The fraction of sp³-hybridized carbons (Fsp3) is 0.438. The van der Waals surface area contributed by atoms with Gasteiger partial charge in [0.25, 0.3) is 0 Å². The van der Waals surface area contributed by atoms with Crippen LogP contribution in [0.25, 0.3) is 0 Å². The number of ether oxygens (including phenoxy) is 2. The Morgan fingerprint density at radius 1 is 1.29 bits per heavy atom. The van der Waals surface area contributed by atoms with E-state index < -0.39 is 6.36 Å². The van der Waals surface area contributed by atoms with Gasteiger partial charge in [0.15, 0.2) is 4.34 Å². The SMILES string of the molecule is CC(Sc1nnc(Nc2ccc(OC(F)(F)F)cc2)s1)C(=O)N1CCOCC1. The number of thioether (sulfide) groups is 1. The van der Waals surface area contributed by atoms with Crippen molar-refractivity contribution in [2.75, 3.05) is 31.6 Å². The number of halogens is 3. The third kappa shape index (κ3) is 5.97. The third-order valence-electron chi connectivity index (χ3n) is 3.69. The number of aromatic nitrogens is 2. The molecular weight excluding hydrogens is 417 g/mol. The Kier molecular flexibility index (Phi) is 6.62. The van der Waals surface area contributed by atoms with Crippen molar-refractivity contribution in [3.8, 4) is 5.75 Å². The van der Waals surface area contributed by atoms with Crippen molar-refractivity contribution in [3.63, 3.8) is 0 Å². The van der Waals surface area contributed by atoms with Gasteiger partial charge in [0.2, 0.25) is 11.0 Å². The summed E-state index contributed by atoms with van der Waals surface area (Å²) >= 11 is 2.57. The maximum atomic E-state index is 12.4. The molecule has 1 aromatic carbocycles. The number of hydrogen-bond donors (Lipinski definition) is 1. The van der Waals surface area contributed by atoms with Gasteiger partial charge in [0.1, 0.15) is 5.75 Å². The van der Waals surface area contributed by atoms with E-state index in [-0.39, 0.29) is 16.9 Å². The van der Waals surface area contributed by atoms with E-state index in [0.29, 0.717) is 41.5 Å². The average Bonchev–Trinajstić information content (AvgIpc) is 3.09. The first kappa shape index (κ1) is 20.7. The Labute approximate surface area is 167 Å². The lowest BCUT2D eigenvalue weighted by atomic mass is 10.3. The highest BCUT2D eigenvalue weighted by Crippen LogP contribution is 2.32. The van der Waals surface area contributed by atoms with E-state index in [1.54, 1.807) is 4.90 Å². The van der Waals surface area contributed by atoms with Crippen LogP contribution in [0.3, 0.4) is 0 Å². The van der Waals surface area contributed by atoms with Crippen LogP contribution in [0.15, 0.2) is 28.6 Å². The molecule has 2 aromatic rings. The minimum absolute atomic E-state index is 0.0262. The van der Waals surface area contributed by atoms with Gasteiger partial charge in [-0.2, -0.15) is 0 Å². The van der Waals surface area contributed by atoms with Crippen LogP contribution < -0.4 is 10.1 Å². The van der Waals surface area contributed by atoms with E-state index in [1.165, 1.54) is 47.4 Å². The van der Waals surface area contributed by atoms with Gasteiger partial charge in [-0.05, 0) is 31.2 Å². The summed E-state index contributed by atoms with van der Waals surface area (Å²) in [6, 6.07) is 5.30. The highest BCUT2D eigenvalue weighted by Gasteiger charge is 2.31. The zero-order valence-electron chi connectivity index (χ0n) is 14.7. The predicted molar refractivity (Wildman–Crippen MR) is 99.0 cm³/mol. The standard InChI is InChI=1S/C16H17F3N4O3S2/c1-10(13(24)23-6-8-25-9-7-23)27-15-22-21-14(28-15)20-11-2-4-12(5-3-11)26-16(17,18)19/h2-5,10H,6-9H2,1H3,(H,20,21). The molecule has 2 heterocycles. The zero-order chi connectivity index (χ0) is 20.1. The molecule has 1 aliphatic heterocycles. The van der Waals surface area contributed by atoms with Gasteiger partial charge in [-0.1, -0.05) is 23.1 Å². The number of morpholine rings is 1. The van der Waals surface area contributed by atoms with Crippen molar-refractivity contribution in [1.29, 1.82) is 0 Å². The molecule has 1 amide bonds.